The fourth-order valence-electron chi connectivity index (χ4n) is 3.38. The fourth-order valence-corrected chi connectivity index (χ4v) is 5.50. The maximum atomic E-state index is 14.2. The van der Waals surface area contributed by atoms with E-state index >= 15 is 0 Å². The quantitative estimate of drug-likeness (QED) is 0.617. The highest BCUT2D eigenvalue weighted by Gasteiger charge is 2.43. The van der Waals surface area contributed by atoms with Crippen LogP contribution >= 0.6 is 0 Å². The standard InChI is InChI=1S/C16H19FO4S/c1-20-9-21-11-2-5-14(15(17)8-11)16(18)10-6-12-3-4-13(7-10)22(12)19/h2,5,8,10,12-13H,3-4,6-7,9H2,1H3. The van der Waals surface area contributed by atoms with Crippen molar-refractivity contribution in [1.29, 1.82) is 0 Å². The molecule has 0 radical (unpaired) electrons. The molecule has 1 aromatic rings. The van der Waals surface area contributed by atoms with Crippen molar-refractivity contribution in [1.82, 2.24) is 0 Å². The van der Waals surface area contributed by atoms with Crippen LogP contribution in [0.25, 0.3) is 0 Å². The molecule has 2 fully saturated rings. The molecule has 120 valence electrons. The van der Waals surface area contributed by atoms with Crippen LogP contribution in [0.2, 0.25) is 0 Å². The number of rotatable bonds is 5. The van der Waals surface area contributed by atoms with E-state index in [1.54, 1.807) is 6.07 Å². The van der Waals surface area contributed by atoms with Crippen LogP contribution in [-0.4, -0.2) is 34.4 Å². The van der Waals surface area contributed by atoms with E-state index in [1.165, 1.54) is 19.2 Å². The summed E-state index contributed by atoms with van der Waals surface area (Å²) >= 11 is 0. The van der Waals surface area contributed by atoms with E-state index < -0.39 is 16.6 Å². The Balaban J connectivity index is 1.74. The summed E-state index contributed by atoms with van der Waals surface area (Å²) in [7, 11) is 0.677. The zero-order valence-corrected chi connectivity index (χ0v) is 13.2. The van der Waals surface area contributed by atoms with E-state index in [0.29, 0.717) is 18.6 Å². The van der Waals surface area contributed by atoms with E-state index in [9.17, 15) is 13.4 Å². The number of carbonyl (C=O) groups excluding carboxylic acids is 1. The minimum Gasteiger partial charge on any atom is -0.467 e. The molecule has 6 heteroatoms. The number of hydrogen-bond donors (Lipinski definition) is 0. The molecule has 1 aromatic carbocycles. The van der Waals surface area contributed by atoms with Crippen molar-refractivity contribution in [2.75, 3.05) is 13.9 Å². The molecule has 3 rings (SSSR count). The van der Waals surface area contributed by atoms with Crippen LogP contribution in [0.4, 0.5) is 4.39 Å². The molecule has 0 aromatic heterocycles. The molecule has 2 atom stereocenters. The first-order chi connectivity index (χ1) is 10.6. The molecule has 2 unspecified atom stereocenters. The van der Waals surface area contributed by atoms with Crippen molar-refractivity contribution >= 4 is 16.6 Å². The Kier molecular flexibility index (Phi) is 4.59. The van der Waals surface area contributed by atoms with Gasteiger partial charge in [-0.1, -0.05) is 0 Å². The number of Topliss-reactive ketones (excluding diaryl/α,β-unsaturated/α-hetero) is 1. The molecular formula is C16H19FO4S. The molecule has 0 aliphatic carbocycles. The van der Waals surface area contributed by atoms with Crippen molar-refractivity contribution in [3.8, 4) is 5.75 Å². The molecule has 0 saturated carbocycles. The third-order valence-corrected chi connectivity index (χ3v) is 6.65. The van der Waals surface area contributed by atoms with Gasteiger partial charge in [0.1, 0.15) is 11.6 Å². The number of carbonyl (C=O) groups is 1. The molecule has 0 spiro atoms. The molecule has 4 nitrogen and oxygen atoms in total. The summed E-state index contributed by atoms with van der Waals surface area (Å²) in [5.74, 6) is -0.627. The highest BCUT2D eigenvalue weighted by Crippen LogP contribution is 2.40. The Labute approximate surface area is 131 Å². The number of ether oxygens (including phenoxy) is 2. The minimum atomic E-state index is -0.805. The van der Waals surface area contributed by atoms with Gasteiger partial charge in [0.25, 0.3) is 0 Å². The van der Waals surface area contributed by atoms with Gasteiger partial charge < -0.3 is 9.47 Å². The Morgan fingerprint density at radius 3 is 2.59 bits per heavy atom. The highest BCUT2D eigenvalue weighted by molar-refractivity contribution is 7.86. The topological polar surface area (TPSA) is 52.6 Å². The third-order valence-electron chi connectivity index (χ3n) is 4.48. The molecule has 0 N–H and O–H groups in total. The number of fused-ring (bicyclic) bond motifs is 2. The van der Waals surface area contributed by atoms with Gasteiger partial charge in [0, 0.05) is 40.4 Å². The van der Waals surface area contributed by atoms with Crippen molar-refractivity contribution in [3.63, 3.8) is 0 Å². The summed E-state index contributed by atoms with van der Waals surface area (Å²) in [6.07, 6.45) is 3.08. The maximum Gasteiger partial charge on any atom is 0.188 e. The van der Waals surface area contributed by atoms with Crippen molar-refractivity contribution in [3.05, 3.63) is 29.6 Å². The number of benzene rings is 1. The predicted octanol–water partition coefficient (Wildman–Crippen LogP) is 2.68. The van der Waals surface area contributed by atoms with Gasteiger partial charge >= 0.3 is 0 Å². The van der Waals surface area contributed by atoms with Crippen LogP contribution < -0.4 is 4.74 Å². The zero-order valence-electron chi connectivity index (χ0n) is 12.4. The van der Waals surface area contributed by atoms with Crippen molar-refractivity contribution in [2.45, 2.75) is 36.2 Å². The second-order valence-electron chi connectivity index (χ2n) is 5.87. The number of methoxy groups -OCH3 is 1. The molecule has 2 aliphatic heterocycles. The summed E-state index contributed by atoms with van der Waals surface area (Å²) in [5, 5.41) is 0.222. The van der Waals surface area contributed by atoms with Gasteiger partial charge in [-0.05, 0) is 37.8 Å². The van der Waals surface area contributed by atoms with Gasteiger partial charge in [0.05, 0.1) is 5.56 Å². The van der Waals surface area contributed by atoms with Crippen LogP contribution in [0.15, 0.2) is 18.2 Å². The van der Waals surface area contributed by atoms with Crippen molar-refractivity contribution < 1.29 is 22.9 Å². The van der Waals surface area contributed by atoms with Crippen LogP contribution in [0.1, 0.15) is 36.0 Å². The molecular weight excluding hydrogens is 307 g/mol. The molecule has 2 heterocycles. The Hall–Kier alpha value is -1.27. The largest absolute Gasteiger partial charge is 0.467 e. The van der Waals surface area contributed by atoms with Crippen molar-refractivity contribution in [2.24, 2.45) is 5.92 Å². The average molecular weight is 326 g/mol. The summed E-state index contributed by atoms with van der Waals surface area (Å²) in [4.78, 5) is 12.6. The van der Waals surface area contributed by atoms with Crippen LogP contribution in [0.5, 0.6) is 5.75 Å². The lowest BCUT2D eigenvalue weighted by molar-refractivity contribution is 0.0509. The van der Waals surface area contributed by atoms with Gasteiger partial charge in [-0.3, -0.25) is 9.00 Å². The Morgan fingerprint density at radius 2 is 2.00 bits per heavy atom. The first kappa shape index (κ1) is 15.6. The number of halogens is 1. The summed E-state index contributed by atoms with van der Waals surface area (Å²) in [6.45, 7) is 0.0323. The lowest BCUT2D eigenvalue weighted by atomic mass is 9.90. The second kappa shape index (κ2) is 6.46. The summed E-state index contributed by atoms with van der Waals surface area (Å²) in [6, 6.07) is 4.25. The Bertz CT molecular complexity index is 588. The van der Waals surface area contributed by atoms with Gasteiger partial charge in [0.15, 0.2) is 12.6 Å². The van der Waals surface area contributed by atoms with Gasteiger partial charge in [-0.2, -0.15) is 0 Å². The highest BCUT2D eigenvalue weighted by atomic mass is 32.2. The zero-order chi connectivity index (χ0) is 15.7. The molecule has 22 heavy (non-hydrogen) atoms. The van der Waals surface area contributed by atoms with Crippen LogP contribution in [0, 0.1) is 11.7 Å². The van der Waals surface area contributed by atoms with E-state index in [4.69, 9.17) is 9.47 Å². The number of hydrogen-bond acceptors (Lipinski definition) is 4. The number of ketones is 1. The second-order valence-corrected chi connectivity index (χ2v) is 7.87. The monoisotopic (exact) mass is 326 g/mol. The maximum absolute atomic E-state index is 14.2. The Morgan fingerprint density at radius 1 is 1.32 bits per heavy atom. The lowest BCUT2D eigenvalue weighted by Gasteiger charge is -2.26. The van der Waals surface area contributed by atoms with E-state index in [1.807, 2.05) is 0 Å². The van der Waals surface area contributed by atoms with Crippen LogP contribution in [0.3, 0.4) is 0 Å². The first-order valence-corrected chi connectivity index (χ1v) is 8.72. The predicted molar refractivity (Wildman–Crippen MR) is 80.9 cm³/mol. The smallest absolute Gasteiger partial charge is 0.188 e. The van der Waals surface area contributed by atoms with E-state index in [-0.39, 0.29) is 34.6 Å². The van der Waals surface area contributed by atoms with E-state index in [0.717, 1.165) is 12.8 Å². The summed E-state index contributed by atoms with van der Waals surface area (Å²) < 4.78 is 36.1. The van der Waals surface area contributed by atoms with Gasteiger partial charge in [-0.15, -0.1) is 0 Å². The third kappa shape index (κ3) is 2.94. The lowest BCUT2D eigenvalue weighted by Crippen LogP contribution is -2.32. The van der Waals surface area contributed by atoms with Gasteiger partial charge in [0.2, 0.25) is 0 Å². The molecule has 2 saturated heterocycles. The molecule has 2 aliphatic rings. The minimum absolute atomic E-state index is 0.0323. The van der Waals surface area contributed by atoms with Crippen LogP contribution in [-0.2, 0) is 15.5 Å². The average Bonchev–Trinajstić information content (AvgIpc) is 2.74. The normalized spacial score (nSPS) is 30.3. The molecule has 2 bridgehead atoms. The summed E-state index contributed by atoms with van der Waals surface area (Å²) in [5.41, 5.74) is 0.0989. The SMILES string of the molecule is COCOc1ccc(C(=O)C2CC3CCC(C2)S3=O)c(F)c1. The van der Waals surface area contributed by atoms with E-state index in [2.05, 4.69) is 0 Å². The van der Waals surface area contributed by atoms with Gasteiger partial charge in [-0.25, -0.2) is 4.39 Å². The molecule has 0 amide bonds. The first-order valence-electron chi connectivity index (χ1n) is 7.45. The fraction of sp³-hybridized carbons (Fsp3) is 0.562.